The Kier molecular flexibility index (Phi) is 4.33. The van der Waals surface area contributed by atoms with Crippen LogP contribution in [0, 0.1) is 0 Å². The summed E-state index contributed by atoms with van der Waals surface area (Å²) >= 11 is 3.15. The van der Waals surface area contributed by atoms with Gasteiger partial charge in [0, 0.05) is 16.7 Å². The number of carbonyl (C=O) groups excluding carboxylic acids is 1. The van der Waals surface area contributed by atoms with Crippen molar-refractivity contribution in [1.29, 1.82) is 0 Å². The lowest BCUT2D eigenvalue weighted by Crippen LogP contribution is -2.24. The number of aromatic nitrogens is 1. The molecule has 0 fully saturated rings. The van der Waals surface area contributed by atoms with Crippen LogP contribution in [0.15, 0.2) is 84.2 Å². The third kappa shape index (κ3) is 3.12. The van der Waals surface area contributed by atoms with E-state index in [1.165, 1.54) is 11.3 Å². The maximum atomic E-state index is 13.6. The highest BCUT2D eigenvalue weighted by Crippen LogP contribution is 2.45. The van der Waals surface area contributed by atoms with Gasteiger partial charge in [0.1, 0.15) is 21.5 Å². The van der Waals surface area contributed by atoms with E-state index in [0.717, 1.165) is 48.4 Å². The molecule has 2 aromatic heterocycles. The van der Waals surface area contributed by atoms with E-state index >= 15 is 0 Å². The van der Waals surface area contributed by atoms with E-state index in [1.807, 2.05) is 78.2 Å². The maximum Gasteiger partial charge on any atom is 0.237 e. The van der Waals surface area contributed by atoms with E-state index in [9.17, 15) is 4.79 Å². The number of fused-ring (bicyclic) bond motifs is 3. The van der Waals surface area contributed by atoms with Crippen molar-refractivity contribution in [3.05, 3.63) is 95.4 Å². The fourth-order valence-electron chi connectivity index (χ4n) is 3.94. The van der Waals surface area contributed by atoms with E-state index in [-0.39, 0.29) is 5.91 Å². The molecule has 1 N–H and O–H groups in total. The van der Waals surface area contributed by atoms with Gasteiger partial charge >= 0.3 is 0 Å². The van der Waals surface area contributed by atoms with Gasteiger partial charge in [-0.15, -0.1) is 22.7 Å². The molecule has 6 rings (SSSR count). The summed E-state index contributed by atoms with van der Waals surface area (Å²) in [6.45, 7) is 0. The molecule has 0 unspecified atom stereocenters. The number of anilines is 1. The minimum Gasteiger partial charge on any atom is -0.457 e. The summed E-state index contributed by atoms with van der Waals surface area (Å²) in [5.74, 6) is 0.928. The van der Waals surface area contributed by atoms with E-state index in [2.05, 4.69) is 11.4 Å². The molecule has 6 heteroatoms. The zero-order chi connectivity index (χ0) is 20.8. The van der Waals surface area contributed by atoms with Crippen molar-refractivity contribution >= 4 is 43.8 Å². The molecule has 0 saturated carbocycles. The van der Waals surface area contributed by atoms with Crippen LogP contribution in [-0.4, -0.2) is 10.9 Å². The fraction of sp³-hybridized carbons (Fsp3) is 0.0400. The van der Waals surface area contributed by atoms with Crippen molar-refractivity contribution in [2.45, 2.75) is 5.92 Å². The lowest BCUT2D eigenvalue weighted by atomic mass is 9.87. The molecule has 0 spiro atoms. The number of nitrogens with zero attached hydrogens (tertiary/aromatic N) is 1. The van der Waals surface area contributed by atoms with Crippen molar-refractivity contribution < 1.29 is 9.53 Å². The standard InChI is InChI=1S/C25H16N2O2S2/c28-23(22-15-7-1-4-10-19(15)29-20-11-5-2-8-16(20)22)27-24-17(13-14-30-24)25-26-18-9-3-6-12-21(18)31-25/h1-14,22H,(H,27,28). The Labute approximate surface area is 186 Å². The van der Waals surface area contributed by atoms with E-state index in [0.29, 0.717) is 0 Å². The molecule has 0 saturated heterocycles. The van der Waals surface area contributed by atoms with Crippen LogP contribution in [0.1, 0.15) is 17.0 Å². The predicted molar refractivity (Wildman–Crippen MR) is 126 cm³/mol. The van der Waals surface area contributed by atoms with Crippen molar-refractivity contribution in [2.24, 2.45) is 0 Å². The monoisotopic (exact) mass is 440 g/mol. The van der Waals surface area contributed by atoms with Crippen LogP contribution in [-0.2, 0) is 4.79 Å². The molecule has 0 radical (unpaired) electrons. The SMILES string of the molecule is O=C(Nc1sccc1-c1nc2ccccc2s1)C1c2ccccc2Oc2ccccc21. The first-order valence-electron chi connectivity index (χ1n) is 9.88. The number of nitrogens with one attached hydrogen (secondary N) is 1. The van der Waals surface area contributed by atoms with Gasteiger partial charge in [-0.25, -0.2) is 4.98 Å². The lowest BCUT2D eigenvalue weighted by Gasteiger charge is -2.27. The molecule has 4 nitrogen and oxygen atoms in total. The van der Waals surface area contributed by atoms with Gasteiger partial charge < -0.3 is 10.1 Å². The van der Waals surface area contributed by atoms with Gasteiger partial charge in [0.05, 0.1) is 16.1 Å². The minimum atomic E-state index is -0.438. The number of carbonyl (C=O) groups is 1. The number of rotatable bonds is 3. The second-order valence-electron chi connectivity index (χ2n) is 7.25. The van der Waals surface area contributed by atoms with Crippen LogP contribution in [0.5, 0.6) is 11.5 Å². The van der Waals surface area contributed by atoms with Crippen molar-refractivity contribution in [3.63, 3.8) is 0 Å². The van der Waals surface area contributed by atoms with Crippen molar-refractivity contribution in [3.8, 4) is 22.1 Å². The topological polar surface area (TPSA) is 51.2 Å². The molecular formula is C25H16N2O2S2. The van der Waals surface area contributed by atoms with E-state index in [1.54, 1.807) is 11.3 Å². The summed E-state index contributed by atoms with van der Waals surface area (Å²) in [4.78, 5) is 18.3. The molecule has 1 amide bonds. The average molecular weight is 441 g/mol. The highest BCUT2D eigenvalue weighted by Gasteiger charge is 2.33. The third-order valence-electron chi connectivity index (χ3n) is 5.37. The summed E-state index contributed by atoms with van der Waals surface area (Å²) in [6, 6.07) is 25.5. The Morgan fingerprint density at radius 2 is 1.55 bits per heavy atom. The van der Waals surface area contributed by atoms with Gasteiger partial charge in [-0.3, -0.25) is 4.79 Å². The predicted octanol–water partition coefficient (Wildman–Crippen LogP) is 6.90. The van der Waals surface area contributed by atoms with Crippen LogP contribution in [0.2, 0.25) is 0 Å². The largest absolute Gasteiger partial charge is 0.457 e. The summed E-state index contributed by atoms with van der Waals surface area (Å²) in [5.41, 5.74) is 3.67. The van der Waals surface area contributed by atoms with Gasteiger partial charge in [-0.2, -0.15) is 0 Å². The van der Waals surface area contributed by atoms with Gasteiger partial charge in [0.2, 0.25) is 5.91 Å². The number of ether oxygens (including phenoxy) is 1. The Morgan fingerprint density at radius 3 is 2.29 bits per heavy atom. The molecule has 150 valence electrons. The fourth-order valence-corrected chi connectivity index (χ4v) is 5.79. The number of para-hydroxylation sites is 3. The first-order chi connectivity index (χ1) is 15.3. The zero-order valence-corrected chi connectivity index (χ0v) is 17.9. The zero-order valence-electron chi connectivity index (χ0n) is 16.2. The second kappa shape index (κ2) is 7.34. The smallest absolute Gasteiger partial charge is 0.237 e. The molecule has 0 aliphatic carbocycles. The Hall–Kier alpha value is -3.48. The molecular weight excluding hydrogens is 424 g/mol. The quantitative estimate of drug-likeness (QED) is 0.332. The highest BCUT2D eigenvalue weighted by molar-refractivity contribution is 7.22. The van der Waals surface area contributed by atoms with Crippen LogP contribution in [0.4, 0.5) is 5.00 Å². The average Bonchev–Trinajstić information content (AvgIpc) is 3.43. The first kappa shape index (κ1) is 18.3. The molecule has 31 heavy (non-hydrogen) atoms. The van der Waals surface area contributed by atoms with Crippen molar-refractivity contribution in [2.75, 3.05) is 5.32 Å². The highest BCUT2D eigenvalue weighted by atomic mass is 32.1. The van der Waals surface area contributed by atoms with Gasteiger partial charge in [-0.1, -0.05) is 48.5 Å². The van der Waals surface area contributed by atoms with Gasteiger partial charge in [-0.05, 0) is 35.7 Å². The number of thiophene rings is 1. The summed E-state index contributed by atoms with van der Waals surface area (Å²) in [6.07, 6.45) is 0. The summed E-state index contributed by atoms with van der Waals surface area (Å²) in [5, 5.41) is 6.88. The molecule has 3 aromatic carbocycles. The van der Waals surface area contributed by atoms with Crippen LogP contribution < -0.4 is 10.1 Å². The van der Waals surface area contributed by atoms with Crippen molar-refractivity contribution in [1.82, 2.24) is 4.98 Å². The molecule has 3 heterocycles. The summed E-state index contributed by atoms with van der Waals surface area (Å²) in [7, 11) is 0. The summed E-state index contributed by atoms with van der Waals surface area (Å²) < 4.78 is 7.17. The van der Waals surface area contributed by atoms with Crippen LogP contribution in [0.3, 0.4) is 0 Å². The molecule has 0 bridgehead atoms. The minimum absolute atomic E-state index is 0.0759. The number of thiazole rings is 1. The Morgan fingerprint density at radius 1 is 0.871 bits per heavy atom. The number of hydrogen-bond acceptors (Lipinski definition) is 5. The number of hydrogen-bond donors (Lipinski definition) is 1. The first-order valence-corrected chi connectivity index (χ1v) is 11.6. The molecule has 1 aliphatic rings. The van der Waals surface area contributed by atoms with Gasteiger partial charge in [0.25, 0.3) is 0 Å². The number of amides is 1. The Bertz CT molecular complexity index is 1360. The maximum absolute atomic E-state index is 13.6. The van der Waals surface area contributed by atoms with Crippen LogP contribution >= 0.6 is 22.7 Å². The molecule has 5 aromatic rings. The lowest BCUT2D eigenvalue weighted by molar-refractivity contribution is -0.116. The normalized spacial score (nSPS) is 12.8. The Balaban J connectivity index is 1.38. The van der Waals surface area contributed by atoms with E-state index in [4.69, 9.17) is 9.72 Å². The third-order valence-corrected chi connectivity index (χ3v) is 7.27. The van der Waals surface area contributed by atoms with Crippen LogP contribution in [0.25, 0.3) is 20.8 Å². The molecule has 0 atom stereocenters. The van der Waals surface area contributed by atoms with E-state index < -0.39 is 5.92 Å². The van der Waals surface area contributed by atoms with Gasteiger partial charge in [0.15, 0.2) is 0 Å². The second-order valence-corrected chi connectivity index (χ2v) is 9.20. The number of benzene rings is 3. The molecule has 1 aliphatic heterocycles.